The molecule has 0 unspecified atom stereocenters. The van der Waals surface area contributed by atoms with Gasteiger partial charge in [-0.2, -0.15) is 0 Å². The third-order valence-corrected chi connectivity index (χ3v) is 12.5. The van der Waals surface area contributed by atoms with Gasteiger partial charge in [0, 0.05) is 85.1 Å². The van der Waals surface area contributed by atoms with Gasteiger partial charge in [0.2, 0.25) is 23.0 Å². The fourth-order valence-corrected chi connectivity index (χ4v) is 9.14. The summed E-state index contributed by atoms with van der Waals surface area (Å²) in [6.45, 7) is 2.98. The maximum atomic E-state index is 5.81. The van der Waals surface area contributed by atoms with Crippen molar-refractivity contribution in [2.24, 2.45) is 0 Å². The van der Waals surface area contributed by atoms with Gasteiger partial charge in [-0.25, -0.2) is 0 Å². The number of hydrogen-bond donors (Lipinski definition) is 0. The molecule has 0 fully saturated rings. The number of aromatic nitrogens is 4. The quantitative estimate of drug-likeness (QED) is 0.0596. The Kier molecular flexibility index (Phi) is 15.7. The summed E-state index contributed by atoms with van der Waals surface area (Å²) in [5.41, 5.74) is 6.07. The van der Waals surface area contributed by atoms with Gasteiger partial charge in [0.25, 0.3) is 0 Å². The Morgan fingerprint density at radius 2 is 0.486 bits per heavy atom. The van der Waals surface area contributed by atoms with Gasteiger partial charge in [-0.15, -0.1) is 0 Å². The van der Waals surface area contributed by atoms with Crippen LogP contribution in [0.5, 0.6) is 69.0 Å². The summed E-state index contributed by atoms with van der Waals surface area (Å²) in [4.78, 5) is 25.2. The molecule has 0 aliphatic rings. The molecule has 0 saturated heterocycles. The molecule has 18 heteroatoms. The van der Waals surface area contributed by atoms with Crippen LogP contribution in [-0.2, 0) is 26.2 Å². The third-order valence-electron chi connectivity index (χ3n) is 12.5. The summed E-state index contributed by atoms with van der Waals surface area (Å²) in [6.07, 6.45) is 0. The first-order valence-corrected chi connectivity index (χ1v) is 22.9. The van der Waals surface area contributed by atoms with Gasteiger partial charge in [0.05, 0.1) is 130 Å². The fourth-order valence-electron chi connectivity index (χ4n) is 9.14. The van der Waals surface area contributed by atoms with E-state index in [4.69, 9.17) is 76.8 Å². The molecule has 72 heavy (non-hydrogen) atoms. The molecule has 378 valence electrons. The van der Waals surface area contributed by atoms with Crippen LogP contribution in [0.3, 0.4) is 0 Å². The van der Waals surface area contributed by atoms with E-state index in [9.17, 15) is 0 Å². The van der Waals surface area contributed by atoms with E-state index in [0.717, 1.165) is 44.3 Å². The smallest absolute Gasteiger partial charge is 0.204 e. The molecule has 8 aromatic rings. The second-order valence-electron chi connectivity index (χ2n) is 16.5. The van der Waals surface area contributed by atoms with Gasteiger partial charge in [-0.3, -0.25) is 29.7 Å². The van der Waals surface area contributed by atoms with E-state index in [1.165, 1.54) is 0 Å². The second-order valence-corrected chi connectivity index (χ2v) is 16.5. The van der Waals surface area contributed by atoms with Crippen LogP contribution in [0.1, 0.15) is 22.8 Å². The van der Waals surface area contributed by atoms with Crippen molar-refractivity contribution < 1.29 is 56.8 Å². The van der Waals surface area contributed by atoms with Gasteiger partial charge >= 0.3 is 0 Å². The summed E-state index contributed by atoms with van der Waals surface area (Å²) < 4.78 is 68.8. The number of pyridine rings is 4. The van der Waals surface area contributed by atoms with E-state index in [0.29, 0.717) is 130 Å². The molecule has 18 nitrogen and oxygen atoms in total. The minimum atomic E-state index is 0.459. The van der Waals surface area contributed by atoms with Crippen LogP contribution in [0.15, 0.2) is 72.8 Å². The number of rotatable bonds is 23. The first-order valence-electron chi connectivity index (χ1n) is 22.9. The van der Waals surface area contributed by atoms with Crippen molar-refractivity contribution in [1.82, 2.24) is 29.7 Å². The Hall–Kier alpha value is -7.96. The minimum Gasteiger partial charge on any atom is -0.493 e. The zero-order chi connectivity index (χ0) is 51.1. The Bertz CT molecular complexity index is 2820. The highest BCUT2D eigenvalue weighted by molar-refractivity contribution is 5.93. The number of benzene rings is 4. The largest absolute Gasteiger partial charge is 0.493 e. The zero-order valence-corrected chi connectivity index (χ0v) is 42.8. The van der Waals surface area contributed by atoms with E-state index in [-0.39, 0.29) is 0 Å². The summed E-state index contributed by atoms with van der Waals surface area (Å²) in [6, 6.07) is 23.5. The number of fused-ring (bicyclic) bond motifs is 4. The molecule has 0 bridgehead atoms. The van der Waals surface area contributed by atoms with Crippen LogP contribution in [0.25, 0.3) is 43.6 Å². The van der Waals surface area contributed by atoms with Gasteiger partial charge in [-0.05, 0) is 48.5 Å². The summed E-state index contributed by atoms with van der Waals surface area (Å²) in [5.74, 6) is 6.19. The Morgan fingerprint density at radius 1 is 0.278 bits per heavy atom. The predicted octanol–water partition coefficient (Wildman–Crippen LogP) is 8.69. The first kappa shape index (κ1) is 50.4. The van der Waals surface area contributed by atoms with E-state index in [1.807, 2.05) is 72.8 Å². The molecule has 0 radical (unpaired) electrons. The minimum absolute atomic E-state index is 0.459. The highest BCUT2D eigenvalue weighted by atomic mass is 16.5. The average Bonchev–Trinajstić information content (AvgIpc) is 3.41. The van der Waals surface area contributed by atoms with Crippen molar-refractivity contribution in [2.75, 3.05) is 98.4 Å². The summed E-state index contributed by atoms with van der Waals surface area (Å²) in [7, 11) is 19.1. The van der Waals surface area contributed by atoms with Gasteiger partial charge in [-0.1, -0.05) is 0 Å². The lowest BCUT2D eigenvalue weighted by molar-refractivity contribution is 0.178. The molecule has 4 aromatic carbocycles. The molecule has 8 rings (SSSR count). The maximum absolute atomic E-state index is 5.81. The molecule has 0 aliphatic carbocycles. The maximum Gasteiger partial charge on any atom is 0.204 e. The highest BCUT2D eigenvalue weighted by Crippen LogP contribution is 2.46. The van der Waals surface area contributed by atoms with Crippen LogP contribution in [-0.4, -0.2) is 128 Å². The monoisotopic (exact) mass is 984 g/mol. The molecule has 4 aromatic heterocycles. The van der Waals surface area contributed by atoms with Crippen LogP contribution in [0, 0.1) is 0 Å². The lowest BCUT2D eigenvalue weighted by atomic mass is 10.1. The lowest BCUT2D eigenvalue weighted by Crippen LogP contribution is -2.35. The Morgan fingerprint density at radius 3 is 0.667 bits per heavy atom. The van der Waals surface area contributed by atoms with Gasteiger partial charge in [0.15, 0.2) is 46.0 Å². The molecule has 0 amide bonds. The second kappa shape index (κ2) is 22.4. The van der Waals surface area contributed by atoms with Crippen molar-refractivity contribution in [2.45, 2.75) is 26.2 Å². The standard InChI is InChI=1S/C54H60N6O12/c1-61-43-23-39-35(47(65-5)51(43)69-9)17-13-31(55-39)27-59(28-32-14-18-36-40(56-32)24-44(62-2)52(70-10)48(36)66-6)21-22-60(29-33-15-19-37-41(57-33)25-45(63-3)53(71-11)49(37)67-7)30-34-16-20-38-42(58-34)26-46(64-4)54(72-12)50(38)68-8/h13-20,23-26H,21-22,27-30H2,1-12H3. The molecule has 0 atom stereocenters. The number of nitrogens with zero attached hydrogens (tertiary/aromatic N) is 6. The van der Waals surface area contributed by atoms with Crippen LogP contribution in [0.2, 0.25) is 0 Å². The molecule has 4 heterocycles. The molecule has 0 saturated carbocycles. The number of hydrogen-bond acceptors (Lipinski definition) is 18. The third kappa shape index (κ3) is 9.87. The van der Waals surface area contributed by atoms with Gasteiger partial charge in [0.1, 0.15) is 0 Å². The Balaban J connectivity index is 1.20. The Labute approximate surface area is 418 Å². The van der Waals surface area contributed by atoms with Gasteiger partial charge < -0.3 is 56.8 Å². The molecule has 0 N–H and O–H groups in total. The SMILES string of the molecule is COc1cc2nc(CN(CCN(Cc3ccc4c(OC)c(OC)c(OC)cc4n3)Cc3ccc4c(OC)c(OC)c(OC)cc4n3)Cc3ccc4c(OC)c(OC)c(OC)cc4n3)ccc2c(OC)c1OC. The average molecular weight is 985 g/mol. The molecule has 0 aliphatic heterocycles. The number of ether oxygens (including phenoxy) is 12. The van der Waals surface area contributed by atoms with Crippen LogP contribution >= 0.6 is 0 Å². The topological polar surface area (TPSA) is 169 Å². The van der Waals surface area contributed by atoms with Crippen molar-refractivity contribution in [3.63, 3.8) is 0 Å². The number of methoxy groups -OCH3 is 12. The van der Waals surface area contributed by atoms with Crippen molar-refractivity contribution in [1.29, 1.82) is 0 Å². The van der Waals surface area contributed by atoms with E-state index in [2.05, 4.69) is 9.80 Å². The summed E-state index contributed by atoms with van der Waals surface area (Å²) in [5, 5.41) is 3.16. The van der Waals surface area contributed by atoms with Crippen molar-refractivity contribution >= 4 is 43.6 Å². The lowest BCUT2D eigenvalue weighted by Gasteiger charge is -2.28. The van der Waals surface area contributed by atoms with E-state index >= 15 is 0 Å². The molecular formula is C54H60N6O12. The van der Waals surface area contributed by atoms with Crippen molar-refractivity contribution in [3.05, 3.63) is 95.6 Å². The van der Waals surface area contributed by atoms with E-state index < -0.39 is 0 Å². The molecular weight excluding hydrogens is 925 g/mol. The fraction of sp³-hybridized carbons (Fsp3) is 0.333. The summed E-state index contributed by atoms with van der Waals surface area (Å²) >= 11 is 0. The van der Waals surface area contributed by atoms with Crippen molar-refractivity contribution in [3.8, 4) is 69.0 Å². The normalized spacial score (nSPS) is 11.4. The first-order chi connectivity index (χ1) is 35.1. The highest BCUT2D eigenvalue weighted by Gasteiger charge is 2.23. The zero-order valence-electron chi connectivity index (χ0n) is 42.8. The van der Waals surface area contributed by atoms with E-state index in [1.54, 1.807) is 85.3 Å². The molecule has 0 spiro atoms. The predicted molar refractivity (Wildman–Crippen MR) is 274 cm³/mol. The van der Waals surface area contributed by atoms with Crippen LogP contribution < -0.4 is 56.8 Å². The van der Waals surface area contributed by atoms with Crippen LogP contribution in [0.4, 0.5) is 0 Å².